The van der Waals surface area contributed by atoms with E-state index >= 15 is 0 Å². The van der Waals surface area contributed by atoms with Crippen LogP contribution in [0.5, 0.6) is 0 Å². The number of ether oxygens (including phenoxy) is 1. The zero-order chi connectivity index (χ0) is 8.97. The van der Waals surface area contributed by atoms with E-state index in [4.69, 9.17) is 4.74 Å². The van der Waals surface area contributed by atoms with Gasteiger partial charge in [0, 0.05) is 0 Å². The average Bonchev–Trinajstić information content (AvgIpc) is 2.05. The number of ketones is 1. The number of esters is 1. The summed E-state index contributed by atoms with van der Waals surface area (Å²) in [7, 11) is 0. The summed E-state index contributed by atoms with van der Waals surface area (Å²) in [5.41, 5.74) is 0. The van der Waals surface area contributed by atoms with E-state index in [9.17, 15) is 9.59 Å². The van der Waals surface area contributed by atoms with Crippen molar-refractivity contribution in [2.75, 3.05) is 19.7 Å². The van der Waals surface area contributed by atoms with Crippen molar-refractivity contribution >= 4 is 11.8 Å². The minimum absolute atomic E-state index is 0.0558. The van der Waals surface area contributed by atoms with Crippen LogP contribution < -0.4 is 5.32 Å². The van der Waals surface area contributed by atoms with Crippen molar-refractivity contribution in [3.63, 3.8) is 0 Å². The van der Waals surface area contributed by atoms with E-state index < -0.39 is 5.92 Å². The lowest BCUT2D eigenvalue weighted by Crippen LogP contribution is -2.41. The Kier molecular flexibility index (Phi) is 3.22. The van der Waals surface area contributed by atoms with Crippen molar-refractivity contribution in [3.8, 4) is 0 Å². The molecule has 4 heteroatoms. The molecule has 68 valence electrons. The summed E-state index contributed by atoms with van der Waals surface area (Å²) in [5.74, 6) is -0.949. The van der Waals surface area contributed by atoms with Gasteiger partial charge in [0.2, 0.25) is 0 Å². The van der Waals surface area contributed by atoms with Crippen LogP contribution >= 0.6 is 0 Å². The third-order valence-electron chi connectivity index (χ3n) is 1.87. The number of Topliss-reactive ketones (excluding diaryl/α,β-unsaturated/α-hetero) is 1. The highest BCUT2D eigenvalue weighted by atomic mass is 16.5. The number of piperidine rings is 1. The quantitative estimate of drug-likeness (QED) is 0.459. The molecule has 0 unspecified atom stereocenters. The van der Waals surface area contributed by atoms with Gasteiger partial charge in [0.05, 0.1) is 13.2 Å². The molecule has 4 nitrogen and oxygen atoms in total. The van der Waals surface area contributed by atoms with Gasteiger partial charge in [-0.2, -0.15) is 0 Å². The Hall–Kier alpha value is -0.900. The Balaban J connectivity index is 2.48. The third kappa shape index (κ3) is 2.04. The molecule has 0 amide bonds. The first-order valence-electron chi connectivity index (χ1n) is 4.15. The Morgan fingerprint density at radius 3 is 3.08 bits per heavy atom. The van der Waals surface area contributed by atoms with Gasteiger partial charge in [0.15, 0.2) is 5.78 Å². The first-order chi connectivity index (χ1) is 5.75. The van der Waals surface area contributed by atoms with Crippen LogP contribution in [-0.2, 0) is 14.3 Å². The van der Waals surface area contributed by atoms with Gasteiger partial charge in [-0.05, 0) is 19.9 Å². The zero-order valence-corrected chi connectivity index (χ0v) is 7.13. The maximum atomic E-state index is 11.1. The van der Waals surface area contributed by atoms with Gasteiger partial charge in [-0.25, -0.2) is 0 Å². The summed E-state index contributed by atoms with van der Waals surface area (Å²) >= 11 is 0. The molecular weight excluding hydrogens is 158 g/mol. The Labute approximate surface area is 71.3 Å². The molecule has 1 fully saturated rings. The number of rotatable bonds is 2. The van der Waals surface area contributed by atoms with Gasteiger partial charge in [0.1, 0.15) is 5.92 Å². The second-order valence-corrected chi connectivity index (χ2v) is 2.74. The van der Waals surface area contributed by atoms with E-state index in [1.54, 1.807) is 6.92 Å². The van der Waals surface area contributed by atoms with Crippen LogP contribution in [0, 0.1) is 5.92 Å². The normalized spacial score (nSPS) is 23.8. The maximum Gasteiger partial charge on any atom is 0.316 e. The SMILES string of the molecule is CCOC(=O)[C@H]1CCNCC1=O. The number of nitrogens with one attached hydrogen (secondary N) is 1. The number of carbonyl (C=O) groups is 2. The first kappa shape index (κ1) is 9.19. The average molecular weight is 171 g/mol. The van der Waals surface area contributed by atoms with Gasteiger partial charge in [-0.15, -0.1) is 0 Å². The molecule has 0 bridgehead atoms. The molecule has 1 aliphatic rings. The molecule has 0 saturated carbocycles. The number of hydrogen-bond donors (Lipinski definition) is 1. The highest BCUT2D eigenvalue weighted by Crippen LogP contribution is 2.09. The molecule has 1 saturated heterocycles. The van der Waals surface area contributed by atoms with E-state index in [0.29, 0.717) is 19.6 Å². The molecule has 0 aromatic carbocycles. The van der Waals surface area contributed by atoms with Gasteiger partial charge in [0.25, 0.3) is 0 Å². The Bertz CT molecular complexity index is 191. The molecule has 1 atom stereocenters. The van der Waals surface area contributed by atoms with Crippen LogP contribution in [0.4, 0.5) is 0 Å². The molecule has 0 aliphatic carbocycles. The van der Waals surface area contributed by atoms with Crippen LogP contribution in [0.15, 0.2) is 0 Å². The zero-order valence-electron chi connectivity index (χ0n) is 7.13. The minimum atomic E-state index is -0.522. The van der Waals surface area contributed by atoms with Crippen molar-refractivity contribution < 1.29 is 14.3 Å². The topological polar surface area (TPSA) is 55.4 Å². The third-order valence-corrected chi connectivity index (χ3v) is 1.87. The van der Waals surface area contributed by atoms with Crippen LogP contribution in [0.1, 0.15) is 13.3 Å². The molecule has 1 rings (SSSR count). The fraction of sp³-hybridized carbons (Fsp3) is 0.750. The molecule has 0 aromatic rings. The summed E-state index contributed by atoms with van der Waals surface area (Å²) in [6.45, 7) is 3.10. The summed E-state index contributed by atoms with van der Waals surface area (Å²) in [6, 6.07) is 0. The Morgan fingerprint density at radius 1 is 1.75 bits per heavy atom. The summed E-state index contributed by atoms with van der Waals surface area (Å²) in [5, 5.41) is 2.90. The van der Waals surface area contributed by atoms with E-state index in [1.165, 1.54) is 0 Å². The van der Waals surface area contributed by atoms with Crippen molar-refractivity contribution in [2.45, 2.75) is 13.3 Å². The van der Waals surface area contributed by atoms with Crippen molar-refractivity contribution in [1.82, 2.24) is 5.32 Å². The molecule has 0 radical (unpaired) electrons. The van der Waals surface area contributed by atoms with Gasteiger partial charge >= 0.3 is 5.97 Å². The van der Waals surface area contributed by atoms with Crippen molar-refractivity contribution in [3.05, 3.63) is 0 Å². The van der Waals surface area contributed by atoms with Crippen LogP contribution in [0.25, 0.3) is 0 Å². The number of carbonyl (C=O) groups excluding carboxylic acids is 2. The van der Waals surface area contributed by atoms with E-state index in [1.807, 2.05) is 0 Å². The van der Waals surface area contributed by atoms with Crippen molar-refractivity contribution in [1.29, 1.82) is 0 Å². The minimum Gasteiger partial charge on any atom is -0.465 e. The van der Waals surface area contributed by atoms with Gasteiger partial charge < -0.3 is 10.1 Å². The molecule has 0 aromatic heterocycles. The lowest BCUT2D eigenvalue weighted by Gasteiger charge is -2.19. The standard InChI is InChI=1S/C8H13NO3/c1-2-12-8(11)6-3-4-9-5-7(6)10/h6,9H,2-5H2,1H3/t6-/m0/s1. The fourth-order valence-corrected chi connectivity index (χ4v) is 1.23. The second kappa shape index (κ2) is 4.21. The predicted molar refractivity (Wildman–Crippen MR) is 42.6 cm³/mol. The monoisotopic (exact) mass is 171 g/mol. The highest BCUT2D eigenvalue weighted by molar-refractivity contribution is 6.00. The smallest absolute Gasteiger partial charge is 0.316 e. The van der Waals surface area contributed by atoms with Crippen LogP contribution in [0.3, 0.4) is 0 Å². The maximum absolute atomic E-state index is 11.1. The van der Waals surface area contributed by atoms with E-state index in [0.717, 1.165) is 6.54 Å². The Morgan fingerprint density at radius 2 is 2.50 bits per heavy atom. The van der Waals surface area contributed by atoms with Crippen LogP contribution in [-0.4, -0.2) is 31.4 Å². The lowest BCUT2D eigenvalue weighted by molar-refractivity contribution is -0.152. The largest absolute Gasteiger partial charge is 0.465 e. The molecule has 0 spiro atoms. The van der Waals surface area contributed by atoms with Gasteiger partial charge in [-0.3, -0.25) is 9.59 Å². The molecule has 1 heterocycles. The van der Waals surface area contributed by atoms with Crippen molar-refractivity contribution in [2.24, 2.45) is 5.92 Å². The van der Waals surface area contributed by atoms with Gasteiger partial charge in [-0.1, -0.05) is 0 Å². The summed E-state index contributed by atoms with van der Waals surface area (Å²) in [6.07, 6.45) is 0.567. The summed E-state index contributed by atoms with van der Waals surface area (Å²) < 4.78 is 4.76. The highest BCUT2D eigenvalue weighted by Gasteiger charge is 2.29. The molecular formula is C8H13NO3. The number of hydrogen-bond acceptors (Lipinski definition) is 4. The van der Waals surface area contributed by atoms with E-state index in [2.05, 4.69) is 5.32 Å². The summed E-state index contributed by atoms with van der Waals surface area (Å²) in [4.78, 5) is 22.3. The lowest BCUT2D eigenvalue weighted by atomic mass is 9.97. The fourth-order valence-electron chi connectivity index (χ4n) is 1.23. The molecule has 12 heavy (non-hydrogen) atoms. The second-order valence-electron chi connectivity index (χ2n) is 2.74. The molecule has 1 N–H and O–H groups in total. The predicted octanol–water partition coefficient (Wildman–Crippen LogP) is -0.272. The van der Waals surface area contributed by atoms with E-state index in [-0.39, 0.29) is 11.8 Å². The first-order valence-corrected chi connectivity index (χ1v) is 4.15. The molecule has 1 aliphatic heterocycles. The van der Waals surface area contributed by atoms with Crippen LogP contribution in [0.2, 0.25) is 0 Å².